The zero-order valence-electron chi connectivity index (χ0n) is 16.9. The molecule has 0 spiro atoms. The van der Waals surface area contributed by atoms with E-state index in [1.807, 2.05) is 11.0 Å². The van der Waals surface area contributed by atoms with Crippen LogP contribution in [0.2, 0.25) is 0 Å². The minimum Gasteiger partial charge on any atom is -0.340 e. The molecule has 1 aromatic carbocycles. The maximum atomic E-state index is 13.2. The van der Waals surface area contributed by atoms with Crippen molar-refractivity contribution in [2.24, 2.45) is 5.92 Å². The van der Waals surface area contributed by atoms with Crippen molar-refractivity contribution in [3.63, 3.8) is 0 Å². The molecular weight excluding hydrogens is 368 g/mol. The van der Waals surface area contributed by atoms with Gasteiger partial charge in [-0.05, 0) is 55.7 Å². The van der Waals surface area contributed by atoms with Crippen molar-refractivity contribution in [3.05, 3.63) is 34.9 Å². The van der Waals surface area contributed by atoms with Crippen LogP contribution in [0.1, 0.15) is 42.9 Å². The molecule has 1 atom stereocenters. The van der Waals surface area contributed by atoms with Gasteiger partial charge >= 0.3 is 6.03 Å². The van der Waals surface area contributed by atoms with Crippen LogP contribution in [0.25, 0.3) is 0 Å². The van der Waals surface area contributed by atoms with Crippen molar-refractivity contribution in [2.45, 2.75) is 44.6 Å². The summed E-state index contributed by atoms with van der Waals surface area (Å²) in [6.07, 6.45) is 5.31. The van der Waals surface area contributed by atoms with Gasteiger partial charge in [0.15, 0.2) is 0 Å². The first-order valence-electron chi connectivity index (χ1n) is 10.7. The molecule has 1 N–H and O–H groups in total. The van der Waals surface area contributed by atoms with E-state index in [1.165, 1.54) is 16.0 Å². The number of aryl methyl sites for hydroxylation is 2. The lowest BCUT2D eigenvalue weighted by Gasteiger charge is -2.36. The van der Waals surface area contributed by atoms with Crippen molar-refractivity contribution in [3.8, 4) is 0 Å². The number of piperazine rings is 1. The van der Waals surface area contributed by atoms with Crippen molar-refractivity contribution >= 4 is 17.8 Å². The van der Waals surface area contributed by atoms with Gasteiger partial charge in [0, 0.05) is 32.1 Å². The standard InChI is InChI=1S/C22H28N4O3/c1-22(18-8-7-15-3-2-4-17(15)13-18)20(28)26(21(29)23-22)14-24-9-11-25(12-10-24)19(27)16-5-6-16/h7-8,13,16H,2-6,9-12,14H2,1H3,(H,23,29). The summed E-state index contributed by atoms with van der Waals surface area (Å²) in [6, 6.07) is 5.83. The average Bonchev–Trinajstić information content (AvgIpc) is 3.43. The molecule has 4 aliphatic rings. The van der Waals surface area contributed by atoms with Crippen molar-refractivity contribution in [2.75, 3.05) is 32.8 Å². The van der Waals surface area contributed by atoms with E-state index in [1.54, 1.807) is 6.92 Å². The van der Waals surface area contributed by atoms with Crippen LogP contribution < -0.4 is 5.32 Å². The molecule has 1 unspecified atom stereocenters. The fraction of sp³-hybridized carbons (Fsp3) is 0.591. The summed E-state index contributed by atoms with van der Waals surface area (Å²) in [5.41, 5.74) is 2.49. The Morgan fingerprint density at radius 1 is 1.10 bits per heavy atom. The first-order chi connectivity index (χ1) is 14.0. The van der Waals surface area contributed by atoms with E-state index in [0.29, 0.717) is 26.2 Å². The van der Waals surface area contributed by atoms with Crippen LogP contribution in [0.5, 0.6) is 0 Å². The van der Waals surface area contributed by atoms with Crippen LogP contribution in [0.3, 0.4) is 0 Å². The summed E-state index contributed by atoms with van der Waals surface area (Å²) in [7, 11) is 0. The molecule has 1 saturated carbocycles. The molecule has 7 heteroatoms. The summed E-state index contributed by atoms with van der Waals surface area (Å²) in [5, 5.41) is 2.92. The first-order valence-corrected chi connectivity index (χ1v) is 10.7. The van der Waals surface area contributed by atoms with Crippen LogP contribution in [0.15, 0.2) is 18.2 Å². The quantitative estimate of drug-likeness (QED) is 0.782. The Bertz CT molecular complexity index is 873. The van der Waals surface area contributed by atoms with E-state index in [2.05, 4.69) is 22.3 Å². The van der Waals surface area contributed by atoms with E-state index in [9.17, 15) is 14.4 Å². The van der Waals surface area contributed by atoms with Crippen LogP contribution in [-0.2, 0) is 28.0 Å². The zero-order chi connectivity index (χ0) is 20.2. The van der Waals surface area contributed by atoms with Crippen molar-refractivity contribution in [1.29, 1.82) is 0 Å². The van der Waals surface area contributed by atoms with Gasteiger partial charge < -0.3 is 10.2 Å². The molecule has 0 aromatic heterocycles. The number of imide groups is 1. The normalized spacial score (nSPS) is 27.3. The Kier molecular flexibility index (Phi) is 4.38. The number of carbonyl (C=O) groups is 3. The van der Waals surface area contributed by atoms with Crippen LogP contribution in [0, 0.1) is 5.92 Å². The summed E-state index contributed by atoms with van der Waals surface area (Å²) < 4.78 is 0. The molecule has 29 heavy (non-hydrogen) atoms. The van der Waals surface area contributed by atoms with E-state index in [-0.39, 0.29) is 30.4 Å². The zero-order valence-corrected chi connectivity index (χ0v) is 16.9. The molecule has 4 amide bonds. The highest BCUT2D eigenvalue weighted by molar-refractivity contribution is 6.07. The lowest BCUT2D eigenvalue weighted by Crippen LogP contribution is -2.53. The monoisotopic (exact) mass is 396 g/mol. The van der Waals surface area contributed by atoms with Gasteiger partial charge in [0.25, 0.3) is 5.91 Å². The number of hydrogen-bond donors (Lipinski definition) is 1. The summed E-state index contributed by atoms with van der Waals surface area (Å²) in [4.78, 5) is 43.4. The summed E-state index contributed by atoms with van der Waals surface area (Å²) in [5.74, 6) is 0.307. The van der Waals surface area contributed by atoms with Crippen LogP contribution in [0.4, 0.5) is 4.79 Å². The molecule has 0 bridgehead atoms. The Labute approximate surface area is 171 Å². The molecule has 2 heterocycles. The Morgan fingerprint density at radius 3 is 2.55 bits per heavy atom. The minimum atomic E-state index is -1.02. The van der Waals surface area contributed by atoms with E-state index in [0.717, 1.165) is 37.7 Å². The van der Waals surface area contributed by atoms with Gasteiger partial charge in [0.2, 0.25) is 5.91 Å². The number of nitrogens with one attached hydrogen (secondary N) is 1. The van der Waals surface area contributed by atoms with E-state index in [4.69, 9.17) is 0 Å². The molecule has 1 aromatic rings. The Hall–Kier alpha value is -2.41. The van der Waals surface area contributed by atoms with Crippen molar-refractivity contribution < 1.29 is 14.4 Å². The SMILES string of the molecule is CC1(c2ccc3c(c2)CCC3)NC(=O)N(CN2CCN(C(=O)C3CC3)CC2)C1=O. The van der Waals surface area contributed by atoms with Gasteiger partial charge in [-0.3, -0.25) is 14.5 Å². The van der Waals surface area contributed by atoms with Gasteiger partial charge in [0.05, 0.1) is 6.67 Å². The molecule has 3 fully saturated rings. The van der Waals surface area contributed by atoms with Crippen LogP contribution >= 0.6 is 0 Å². The van der Waals surface area contributed by atoms with Gasteiger partial charge in [0.1, 0.15) is 5.54 Å². The highest BCUT2D eigenvalue weighted by Crippen LogP contribution is 2.33. The molecule has 0 radical (unpaired) electrons. The number of hydrogen-bond acceptors (Lipinski definition) is 4. The molecule has 7 nitrogen and oxygen atoms in total. The largest absolute Gasteiger partial charge is 0.340 e. The molecule has 2 saturated heterocycles. The second-order valence-electron chi connectivity index (χ2n) is 8.98. The first kappa shape index (κ1) is 18.6. The fourth-order valence-corrected chi connectivity index (χ4v) is 4.80. The lowest BCUT2D eigenvalue weighted by molar-refractivity contribution is -0.137. The highest BCUT2D eigenvalue weighted by Gasteiger charge is 2.49. The second kappa shape index (κ2) is 6.83. The van der Waals surface area contributed by atoms with Gasteiger partial charge in [-0.25, -0.2) is 9.69 Å². The summed E-state index contributed by atoms with van der Waals surface area (Å²) >= 11 is 0. The molecule has 2 aliphatic heterocycles. The maximum Gasteiger partial charge on any atom is 0.326 e. The average molecular weight is 396 g/mol. The predicted octanol–water partition coefficient (Wildman–Crippen LogP) is 1.45. The third-order valence-corrected chi connectivity index (χ3v) is 6.90. The minimum absolute atomic E-state index is 0.197. The number of amides is 4. The second-order valence-corrected chi connectivity index (χ2v) is 8.98. The third kappa shape index (κ3) is 3.21. The van der Waals surface area contributed by atoms with Crippen molar-refractivity contribution in [1.82, 2.24) is 20.0 Å². The van der Waals surface area contributed by atoms with E-state index >= 15 is 0 Å². The van der Waals surface area contributed by atoms with Crippen LogP contribution in [-0.4, -0.2) is 65.4 Å². The molecule has 154 valence electrons. The molecule has 2 aliphatic carbocycles. The number of urea groups is 1. The van der Waals surface area contributed by atoms with Gasteiger partial charge in [-0.1, -0.05) is 18.2 Å². The summed E-state index contributed by atoms with van der Waals surface area (Å²) in [6.45, 7) is 4.78. The van der Waals surface area contributed by atoms with Gasteiger partial charge in [-0.2, -0.15) is 0 Å². The lowest BCUT2D eigenvalue weighted by atomic mass is 9.90. The predicted molar refractivity (Wildman–Crippen MR) is 107 cm³/mol. The van der Waals surface area contributed by atoms with E-state index < -0.39 is 5.54 Å². The number of nitrogens with zero attached hydrogens (tertiary/aromatic N) is 3. The maximum absolute atomic E-state index is 13.2. The number of rotatable bonds is 4. The molecule has 5 rings (SSSR count). The topological polar surface area (TPSA) is 73.0 Å². The molecular formula is C22H28N4O3. The number of carbonyl (C=O) groups excluding carboxylic acids is 3. The smallest absolute Gasteiger partial charge is 0.326 e. The third-order valence-electron chi connectivity index (χ3n) is 6.90. The van der Waals surface area contributed by atoms with Gasteiger partial charge in [-0.15, -0.1) is 0 Å². The number of fused-ring (bicyclic) bond motifs is 1. The Balaban J connectivity index is 1.25. The fourth-order valence-electron chi connectivity index (χ4n) is 4.80. The number of benzene rings is 1. The Morgan fingerprint density at radius 2 is 1.83 bits per heavy atom. The highest BCUT2D eigenvalue weighted by atomic mass is 16.2.